The molecule has 33 heavy (non-hydrogen) atoms. The van der Waals surface area contributed by atoms with E-state index in [2.05, 4.69) is 14.6 Å². The zero-order chi connectivity index (χ0) is 23.0. The molecule has 172 valence electrons. The Morgan fingerprint density at radius 1 is 1.06 bits per heavy atom. The molecule has 0 spiro atoms. The second-order valence-corrected chi connectivity index (χ2v) is 10.7. The van der Waals surface area contributed by atoms with Crippen molar-refractivity contribution in [2.45, 2.75) is 24.7 Å². The molecule has 3 aromatic rings. The van der Waals surface area contributed by atoms with Gasteiger partial charge >= 0.3 is 0 Å². The molecule has 2 aromatic carbocycles. The third-order valence-electron chi connectivity index (χ3n) is 6.48. The zero-order valence-corrected chi connectivity index (χ0v) is 19.5. The SMILES string of the molecule is Cc1cc(C(=O)N2CCN(CC3CC3)CC2)ccc1NS(=O)(=O)c1cccc2cccnc12. The number of pyridine rings is 1. The summed E-state index contributed by atoms with van der Waals surface area (Å²) in [5, 5.41) is 0.760. The number of carbonyl (C=O) groups is 1. The highest BCUT2D eigenvalue weighted by molar-refractivity contribution is 7.93. The van der Waals surface area contributed by atoms with Crippen molar-refractivity contribution in [3.8, 4) is 0 Å². The van der Waals surface area contributed by atoms with Crippen LogP contribution in [0, 0.1) is 12.8 Å². The molecule has 2 fully saturated rings. The lowest BCUT2D eigenvalue weighted by atomic mass is 10.1. The van der Waals surface area contributed by atoms with Gasteiger partial charge in [-0.25, -0.2) is 8.42 Å². The van der Waals surface area contributed by atoms with Gasteiger partial charge in [-0.2, -0.15) is 0 Å². The maximum atomic E-state index is 13.1. The summed E-state index contributed by atoms with van der Waals surface area (Å²) < 4.78 is 28.9. The Hall–Kier alpha value is -2.97. The molecule has 0 unspecified atom stereocenters. The van der Waals surface area contributed by atoms with Crippen LogP contribution in [0.5, 0.6) is 0 Å². The van der Waals surface area contributed by atoms with Gasteiger partial charge in [0.2, 0.25) is 0 Å². The van der Waals surface area contributed by atoms with E-state index in [0.717, 1.165) is 44.0 Å². The first-order valence-corrected chi connectivity index (χ1v) is 12.9. The standard InChI is InChI=1S/C25H28N4O3S/c1-18-16-21(25(30)29-14-12-28(13-15-29)17-19-7-8-19)9-10-22(18)27-33(31,32)23-6-2-4-20-5-3-11-26-24(20)23/h2-6,9-11,16,19,27H,7-8,12-15,17H2,1H3. The average Bonchev–Trinajstić information content (AvgIpc) is 3.64. The van der Waals surface area contributed by atoms with Gasteiger partial charge in [-0.1, -0.05) is 18.2 Å². The largest absolute Gasteiger partial charge is 0.336 e. The van der Waals surface area contributed by atoms with Crippen molar-refractivity contribution in [3.63, 3.8) is 0 Å². The van der Waals surface area contributed by atoms with Gasteiger partial charge in [0, 0.05) is 49.9 Å². The highest BCUT2D eigenvalue weighted by atomic mass is 32.2. The number of para-hydroxylation sites is 1. The van der Waals surface area contributed by atoms with E-state index >= 15 is 0 Å². The molecule has 1 amide bonds. The Bertz CT molecular complexity index is 1290. The van der Waals surface area contributed by atoms with Crippen molar-refractivity contribution < 1.29 is 13.2 Å². The van der Waals surface area contributed by atoms with Crippen LogP contribution in [0.4, 0.5) is 5.69 Å². The number of fused-ring (bicyclic) bond motifs is 1. The summed E-state index contributed by atoms with van der Waals surface area (Å²) in [5.74, 6) is 0.854. The molecule has 1 aromatic heterocycles. The summed E-state index contributed by atoms with van der Waals surface area (Å²) in [6, 6.07) is 13.8. The van der Waals surface area contributed by atoms with Crippen LogP contribution in [0.3, 0.4) is 0 Å². The van der Waals surface area contributed by atoms with Crippen molar-refractivity contribution in [2.24, 2.45) is 5.92 Å². The second kappa shape index (κ2) is 8.76. The number of rotatable bonds is 6. The number of sulfonamides is 1. The van der Waals surface area contributed by atoms with E-state index in [0.29, 0.717) is 22.3 Å². The quantitative estimate of drug-likeness (QED) is 0.604. The van der Waals surface area contributed by atoms with E-state index in [1.165, 1.54) is 12.8 Å². The van der Waals surface area contributed by atoms with Crippen LogP contribution in [-0.2, 0) is 10.0 Å². The summed E-state index contributed by atoms with van der Waals surface area (Å²) >= 11 is 0. The van der Waals surface area contributed by atoms with E-state index in [1.54, 1.807) is 42.6 Å². The van der Waals surface area contributed by atoms with Crippen LogP contribution in [0.15, 0.2) is 59.6 Å². The zero-order valence-electron chi connectivity index (χ0n) is 18.7. The monoisotopic (exact) mass is 464 g/mol. The van der Waals surface area contributed by atoms with E-state index in [1.807, 2.05) is 24.0 Å². The van der Waals surface area contributed by atoms with Gasteiger partial charge in [0.1, 0.15) is 4.90 Å². The lowest BCUT2D eigenvalue weighted by Crippen LogP contribution is -2.49. The van der Waals surface area contributed by atoms with Gasteiger partial charge in [-0.3, -0.25) is 19.4 Å². The molecule has 0 radical (unpaired) electrons. The molecule has 8 heteroatoms. The molecule has 5 rings (SSSR count). The summed E-state index contributed by atoms with van der Waals surface area (Å²) in [5.41, 5.74) is 2.16. The molecule has 0 bridgehead atoms. The predicted molar refractivity (Wildman–Crippen MR) is 129 cm³/mol. The molecule has 2 aliphatic rings. The third-order valence-corrected chi connectivity index (χ3v) is 7.87. The number of piperazine rings is 1. The number of aromatic nitrogens is 1. The highest BCUT2D eigenvalue weighted by Crippen LogP contribution is 2.30. The smallest absolute Gasteiger partial charge is 0.264 e. The first-order chi connectivity index (χ1) is 15.9. The summed E-state index contributed by atoms with van der Waals surface area (Å²) in [4.78, 5) is 21.7. The predicted octanol–water partition coefficient (Wildman–Crippen LogP) is 3.51. The number of nitrogens with zero attached hydrogens (tertiary/aromatic N) is 3. The Morgan fingerprint density at radius 3 is 2.55 bits per heavy atom. The minimum absolute atomic E-state index is 0.00293. The number of nitrogens with one attached hydrogen (secondary N) is 1. The molecule has 0 atom stereocenters. The molecular weight excluding hydrogens is 436 g/mol. The first kappa shape index (κ1) is 21.9. The summed E-state index contributed by atoms with van der Waals surface area (Å²) in [7, 11) is -3.84. The fourth-order valence-corrected chi connectivity index (χ4v) is 5.70. The van der Waals surface area contributed by atoms with E-state index in [9.17, 15) is 13.2 Å². The fraction of sp³-hybridized carbons (Fsp3) is 0.360. The fourth-order valence-electron chi connectivity index (χ4n) is 4.39. The van der Waals surface area contributed by atoms with Crippen LogP contribution in [-0.4, -0.2) is 61.8 Å². The van der Waals surface area contributed by atoms with Gasteiger partial charge in [0.05, 0.1) is 11.2 Å². The van der Waals surface area contributed by atoms with Gasteiger partial charge in [-0.05, 0) is 61.6 Å². The second-order valence-electron chi connectivity index (χ2n) is 9.00. The van der Waals surface area contributed by atoms with E-state index in [4.69, 9.17) is 0 Å². The van der Waals surface area contributed by atoms with E-state index < -0.39 is 10.0 Å². The number of amides is 1. The maximum Gasteiger partial charge on any atom is 0.264 e. The Morgan fingerprint density at radius 2 is 1.82 bits per heavy atom. The average molecular weight is 465 g/mol. The number of benzene rings is 2. The summed E-state index contributed by atoms with van der Waals surface area (Å²) in [6.07, 6.45) is 4.26. The molecule has 1 aliphatic heterocycles. The minimum Gasteiger partial charge on any atom is -0.336 e. The van der Waals surface area contributed by atoms with Crippen LogP contribution in [0.25, 0.3) is 10.9 Å². The van der Waals surface area contributed by atoms with Gasteiger partial charge in [0.25, 0.3) is 15.9 Å². The van der Waals surface area contributed by atoms with Crippen molar-refractivity contribution in [1.29, 1.82) is 0 Å². The summed E-state index contributed by atoms with van der Waals surface area (Å²) in [6.45, 7) is 6.25. The van der Waals surface area contributed by atoms with Crippen molar-refractivity contribution in [1.82, 2.24) is 14.8 Å². The van der Waals surface area contributed by atoms with Crippen LogP contribution in [0.1, 0.15) is 28.8 Å². The molecule has 1 saturated carbocycles. The number of aryl methyl sites for hydroxylation is 1. The van der Waals surface area contributed by atoms with Crippen LogP contribution < -0.4 is 4.72 Å². The highest BCUT2D eigenvalue weighted by Gasteiger charge is 2.28. The molecular formula is C25H28N4O3S. The van der Waals surface area contributed by atoms with E-state index in [-0.39, 0.29) is 10.8 Å². The number of hydrogen-bond donors (Lipinski definition) is 1. The lowest BCUT2D eigenvalue weighted by Gasteiger charge is -2.35. The normalized spacial score (nSPS) is 17.3. The first-order valence-electron chi connectivity index (χ1n) is 11.4. The number of hydrogen-bond acceptors (Lipinski definition) is 5. The van der Waals surface area contributed by atoms with Gasteiger partial charge in [-0.15, -0.1) is 0 Å². The van der Waals surface area contributed by atoms with Crippen molar-refractivity contribution in [3.05, 3.63) is 65.9 Å². The van der Waals surface area contributed by atoms with Gasteiger partial charge in [0.15, 0.2) is 0 Å². The third kappa shape index (κ3) is 4.72. The number of carbonyl (C=O) groups excluding carboxylic acids is 1. The Labute approximate surface area is 194 Å². The topological polar surface area (TPSA) is 82.6 Å². The maximum absolute atomic E-state index is 13.1. The molecule has 1 saturated heterocycles. The Balaban J connectivity index is 1.30. The van der Waals surface area contributed by atoms with Crippen molar-refractivity contribution >= 4 is 32.5 Å². The van der Waals surface area contributed by atoms with Crippen LogP contribution >= 0.6 is 0 Å². The van der Waals surface area contributed by atoms with Gasteiger partial charge < -0.3 is 4.90 Å². The molecule has 7 nitrogen and oxygen atoms in total. The van der Waals surface area contributed by atoms with Crippen LogP contribution in [0.2, 0.25) is 0 Å². The molecule has 1 aliphatic carbocycles. The minimum atomic E-state index is -3.84. The Kier molecular flexibility index (Phi) is 5.80. The molecule has 1 N–H and O–H groups in total. The lowest BCUT2D eigenvalue weighted by molar-refractivity contribution is 0.0632. The molecule has 2 heterocycles. The number of anilines is 1. The van der Waals surface area contributed by atoms with Crippen molar-refractivity contribution in [2.75, 3.05) is 37.4 Å².